The Kier molecular flexibility index (Phi) is 6.29. The van der Waals surface area contributed by atoms with Crippen molar-refractivity contribution in [3.63, 3.8) is 0 Å². The molecule has 0 aliphatic carbocycles. The first-order valence-electron chi connectivity index (χ1n) is 10.4. The quantitative estimate of drug-likeness (QED) is 0.690. The maximum atomic E-state index is 13.1. The van der Waals surface area contributed by atoms with E-state index >= 15 is 0 Å². The van der Waals surface area contributed by atoms with E-state index in [1.54, 1.807) is 32.0 Å². The van der Waals surface area contributed by atoms with Gasteiger partial charge < -0.3 is 9.64 Å². The van der Waals surface area contributed by atoms with Crippen LogP contribution in [0.5, 0.6) is 0 Å². The van der Waals surface area contributed by atoms with E-state index in [0.717, 1.165) is 30.6 Å². The highest BCUT2D eigenvalue weighted by atomic mass is 32.2. The number of fused-ring (bicyclic) bond motifs is 1. The summed E-state index contributed by atoms with van der Waals surface area (Å²) in [5, 5.41) is 0. The Morgan fingerprint density at radius 1 is 1.20 bits per heavy atom. The van der Waals surface area contributed by atoms with Gasteiger partial charge in [0.1, 0.15) is 0 Å². The van der Waals surface area contributed by atoms with E-state index in [2.05, 4.69) is 0 Å². The molecule has 1 amide bonds. The monoisotopic (exact) mass is 453 g/mol. The summed E-state index contributed by atoms with van der Waals surface area (Å²) in [7, 11) is -3.59. The summed E-state index contributed by atoms with van der Waals surface area (Å²) in [6.07, 6.45) is 3.01. The molecule has 2 aliphatic heterocycles. The van der Waals surface area contributed by atoms with Crippen molar-refractivity contribution in [1.29, 1.82) is 0 Å². The molecule has 2 aliphatic rings. The number of hydrogen-bond donors (Lipinski definition) is 0. The minimum atomic E-state index is -3.59. The Morgan fingerprint density at radius 3 is 2.70 bits per heavy atom. The van der Waals surface area contributed by atoms with Gasteiger partial charge in [0.15, 0.2) is 0 Å². The van der Waals surface area contributed by atoms with Gasteiger partial charge in [-0.25, -0.2) is 8.42 Å². The molecule has 3 heterocycles. The van der Waals surface area contributed by atoms with Crippen LogP contribution in [0.3, 0.4) is 0 Å². The zero-order chi connectivity index (χ0) is 21.3. The van der Waals surface area contributed by atoms with Crippen LogP contribution in [0.1, 0.15) is 32.6 Å². The third kappa shape index (κ3) is 4.18. The van der Waals surface area contributed by atoms with Crippen LogP contribution in [-0.4, -0.2) is 67.0 Å². The van der Waals surface area contributed by atoms with E-state index in [1.165, 1.54) is 0 Å². The van der Waals surface area contributed by atoms with Crippen molar-refractivity contribution in [3.05, 3.63) is 27.9 Å². The molecular formula is C20H27N3O5S2. The number of carbonyl (C=O) groups excluding carboxylic acids is 1. The van der Waals surface area contributed by atoms with Gasteiger partial charge >= 0.3 is 4.87 Å². The molecule has 8 nitrogen and oxygen atoms in total. The second-order valence-corrected chi connectivity index (χ2v) is 10.7. The average Bonchev–Trinajstić information content (AvgIpc) is 3.07. The van der Waals surface area contributed by atoms with Crippen molar-refractivity contribution < 1.29 is 17.9 Å². The molecule has 1 aromatic heterocycles. The number of carbonyl (C=O) groups is 1. The summed E-state index contributed by atoms with van der Waals surface area (Å²) < 4.78 is 35.2. The van der Waals surface area contributed by atoms with Gasteiger partial charge in [-0.1, -0.05) is 17.8 Å². The zero-order valence-corrected chi connectivity index (χ0v) is 18.7. The first-order chi connectivity index (χ1) is 14.4. The molecule has 0 N–H and O–H groups in total. The molecule has 0 saturated carbocycles. The van der Waals surface area contributed by atoms with Gasteiger partial charge in [0.25, 0.3) is 0 Å². The lowest BCUT2D eigenvalue weighted by Gasteiger charge is -2.32. The normalized spacial score (nSPS) is 21.2. The maximum Gasteiger partial charge on any atom is 0.308 e. The van der Waals surface area contributed by atoms with Crippen LogP contribution in [0.25, 0.3) is 10.2 Å². The molecule has 0 radical (unpaired) electrons. The van der Waals surface area contributed by atoms with Gasteiger partial charge in [0.2, 0.25) is 15.9 Å². The molecule has 30 heavy (non-hydrogen) atoms. The molecular weight excluding hydrogens is 426 g/mol. The fourth-order valence-electron chi connectivity index (χ4n) is 4.16. The van der Waals surface area contributed by atoms with E-state index < -0.39 is 10.0 Å². The summed E-state index contributed by atoms with van der Waals surface area (Å²) in [4.78, 5) is 26.7. The number of nitrogens with zero attached hydrogens (tertiary/aromatic N) is 3. The number of aryl methyl sites for hydroxylation is 1. The minimum Gasteiger partial charge on any atom is -0.378 e. The van der Waals surface area contributed by atoms with Crippen molar-refractivity contribution in [2.45, 2.75) is 50.1 Å². The summed E-state index contributed by atoms with van der Waals surface area (Å²) in [5.74, 6) is 0.00262. The van der Waals surface area contributed by atoms with Crippen molar-refractivity contribution in [3.8, 4) is 0 Å². The smallest absolute Gasteiger partial charge is 0.308 e. The van der Waals surface area contributed by atoms with E-state index in [4.69, 9.17) is 4.74 Å². The van der Waals surface area contributed by atoms with Gasteiger partial charge in [-0.3, -0.25) is 14.2 Å². The maximum absolute atomic E-state index is 13.1. The standard InChI is InChI=1S/C20H27N3O5S2/c1-15-4-2-3-8-23(15)30(26,27)16-5-6-17-18(14-16)29-20(25)22(17)9-7-19(24)21-10-12-28-13-11-21/h5-6,14-15H,2-4,7-13H2,1H3/t15-/m0/s1. The molecule has 0 spiro atoms. The minimum absolute atomic E-state index is 0.00262. The molecule has 2 aromatic rings. The number of ether oxygens (including phenoxy) is 1. The number of thiazole rings is 1. The number of benzene rings is 1. The van der Waals surface area contributed by atoms with Gasteiger partial charge in [-0.2, -0.15) is 4.31 Å². The van der Waals surface area contributed by atoms with Crippen LogP contribution in [0.15, 0.2) is 27.9 Å². The number of sulfonamides is 1. The molecule has 2 fully saturated rings. The largest absolute Gasteiger partial charge is 0.378 e. The van der Waals surface area contributed by atoms with Gasteiger partial charge in [-0.05, 0) is 38.0 Å². The molecule has 0 bridgehead atoms. The number of rotatable bonds is 5. The fourth-order valence-corrected chi connectivity index (χ4v) is 6.92. The lowest BCUT2D eigenvalue weighted by Crippen LogP contribution is -2.41. The Bertz CT molecular complexity index is 1090. The lowest BCUT2D eigenvalue weighted by atomic mass is 10.1. The van der Waals surface area contributed by atoms with Crippen LogP contribution >= 0.6 is 11.3 Å². The predicted octanol–water partition coefficient (Wildman–Crippen LogP) is 1.88. The van der Waals surface area contributed by atoms with Crippen molar-refractivity contribution >= 4 is 37.5 Å². The second kappa shape index (κ2) is 8.78. The number of hydrogen-bond acceptors (Lipinski definition) is 6. The van der Waals surface area contributed by atoms with Gasteiger partial charge in [0.05, 0.1) is 28.3 Å². The number of piperidine rings is 1. The second-order valence-electron chi connectivity index (χ2n) is 7.85. The van der Waals surface area contributed by atoms with E-state index in [0.29, 0.717) is 43.1 Å². The summed E-state index contributed by atoms with van der Waals surface area (Å²) >= 11 is 1.02. The van der Waals surface area contributed by atoms with Gasteiger partial charge in [0, 0.05) is 38.6 Å². The summed E-state index contributed by atoms with van der Waals surface area (Å²) in [5.41, 5.74) is 0.672. The molecule has 2 saturated heterocycles. The van der Waals surface area contributed by atoms with Crippen molar-refractivity contribution in [2.75, 3.05) is 32.8 Å². The molecule has 1 atom stereocenters. The fraction of sp³-hybridized carbons (Fsp3) is 0.600. The van der Waals surface area contributed by atoms with Crippen LogP contribution in [-0.2, 0) is 26.1 Å². The van der Waals surface area contributed by atoms with Crippen LogP contribution < -0.4 is 4.87 Å². The Morgan fingerprint density at radius 2 is 1.97 bits per heavy atom. The Labute approximate surface area is 180 Å². The Balaban J connectivity index is 1.55. The number of morpholine rings is 1. The summed E-state index contributed by atoms with van der Waals surface area (Å²) in [6, 6.07) is 4.84. The number of aromatic nitrogens is 1. The molecule has 1 aromatic carbocycles. The highest BCUT2D eigenvalue weighted by molar-refractivity contribution is 7.89. The highest BCUT2D eigenvalue weighted by Crippen LogP contribution is 2.28. The third-order valence-electron chi connectivity index (χ3n) is 5.90. The Hall–Kier alpha value is -1.75. The topological polar surface area (TPSA) is 88.9 Å². The molecule has 0 unspecified atom stereocenters. The first-order valence-corrected chi connectivity index (χ1v) is 12.6. The average molecular weight is 454 g/mol. The molecule has 10 heteroatoms. The van der Waals surface area contributed by atoms with Crippen molar-refractivity contribution in [2.24, 2.45) is 0 Å². The third-order valence-corrected chi connectivity index (χ3v) is 8.85. The number of amides is 1. The molecule has 164 valence electrons. The first kappa shape index (κ1) is 21.5. The molecule has 4 rings (SSSR count). The van der Waals surface area contributed by atoms with Gasteiger partial charge in [-0.15, -0.1) is 0 Å². The predicted molar refractivity (Wildman–Crippen MR) is 115 cm³/mol. The summed E-state index contributed by atoms with van der Waals surface area (Å²) in [6.45, 7) is 4.99. The van der Waals surface area contributed by atoms with E-state index in [1.807, 2.05) is 6.92 Å². The zero-order valence-electron chi connectivity index (χ0n) is 17.1. The lowest BCUT2D eigenvalue weighted by molar-refractivity contribution is -0.135. The van der Waals surface area contributed by atoms with Crippen LogP contribution in [0.4, 0.5) is 0 Å². The highest BCUT2D eigenvalue weighted by Gasteiger charge is 2.31. The van der Waals surface area contributed by atoms with E-state index in [-0.39, 0.29) is 34.7 Å². The van der Waals surface area contributed by atoms with E-state index in [9.17, 15) is 18.0 Å². The van der Waals surface area contributed by atoms with Crippen molar-refractivity contribution in [1.82, 2.24) is 13.8 Å². The SMILES string of the molecule is C[C@H]1CCCCN1S(=O)(=O)c1ccc2c(c1)sc(=O)n2CCC(=O)N1CCOCC1. The van der Waals surface area contributed by atoms with Crippen LogP contribution in [0.2, 0.25) is 0 Å². The van der Waals surface area contributed by atoms with Crippen LogP contribution in [0, 0.1) is 0 Å².